The minimum Gasteiger partial charge on any atom is -0.314 e. The number of aryl methyl sites for hydroxylation is 3. The molecule has 13 rings (SSSR count). The lowest BCUT2D eigenvalue weighted by Gasteiger charge is -2.33. The van der Waals surface area contributed by atoms with Gasteiger partial charge < -0.3 is 9.80 Å². The van der Waals surface area contributed by atoms with Gasteiger partial charge in [0.05, 0.1) is 0 Å². The summed E-state index contributed by atoms with van der Waals surface area (Å²) < 4.78 is 0. The number of fused-ring (bicyclic) bond motifs is 12. The lowest BCUT2D eigenvalue weighted by atomic mass is 9.81. The van der Waals surface area contributed by atoms with Crippen molar-refractivity contribution in [2.24, 2.45) is 0 Å². The van der Waals surface area contributed by atoms with Crippen LogP contribution in [-0.2, 0) is 24.7 Å². The number of allylic oxidation sites excluding steroid dienone is 2. The Bertz CT molecular complexity index is 3420. The molecule has 9 aromatic carbocycles. The highest BCUT2D eigenvalue weighted by Crippen LogP contribution is 2.52. The summed E-state index contributed by atoms with van der Waals surface area (Å²) >= 11 is 0. The molecule has 0 saturated carbocycles. The minimum absolute atomic E-state index is 0.123. The van der Waals surface area contributed by atoms with Gasteiger partial charge in [-0.15, -0.1) is 0 Å². The summed E-state index contributed by atoms with van der Waals surface area (Å²) in [5.74, 6) is 0. The summed E-state index contributed by atoms with van der Waals surface area (Å²) in [5.41, 5.74) is 21.7. The molecule has 65 heavy (non-hydrogen) atoms. The second-order valence-corrected chi connectivity index (χ2v) is 19.4. The molecule has 0 N–H and O–H groups in total. The number of hydrogen-bond acceptors (Lipinski definition) is 2. The molecule has 0 spiro atoms. The van der Waals surface area contributed by atoms with E-state index in [0.29, 0.717) is 0 Å². The maximum Gasteiger partial charge on any atom is 0.0493 e. The second-order valence-electron chi connectivity index (χ2n) is 19.4. The number of anilines is 5. The average Bonchev–Trinajstić information content (AvgIpc) is 3.48. The molecule has 2 heterocycles. The molecule has 2 aliphatic heterocycles. The SMILES string of the molecule is CC1(C)c2cc(/C=C/c3ccc4c5ccc(N6c7ccccc7CCc7ccccc76)cc5c5ccccc5c4c3)ccc2-c2ccc(N3C4=C(CCCC4)CCc4ccccc43)cc21. The molecule has 4 aliphatic rings. The van der Waals surface area contributed by atoms with Gasteiger partial charge in [-0.1, -0.05) is 147 Å². The van der Waals surface area contributed by atoms with Crippen LogP contribution in [0.15, 0.2) is 181 Å². The lowest BCUT2D eigenvalue weighted by Crippen LogP contribution is -2.21. The van der Waals surface area contributed by atoms with E-state index in [1.54, 1.807) is 11.3 Å². The standard InChI is InChI=1S/C63H52N2/c1-63(2)57-38-42(26-34-53(57)54-36-32-48(40-58(54)63)65-61-21-11-5-15-45(61)29-30-46-16-6-12-22-62(46)65)24-23-41-25-33-51-52-35-31-47(39-56(52)50-18-8-7-17-49(50)55(51)37-41)64-59-19-9-3-13-43(59)27-28-44-14-4-10-20-60(44)64/h3-5,7-11,13-15,17-21,23-26,31-40H,6,12,16,22,27-30H2,1-2H3/b24-23+. The van der Waals surface area contributed by atoms with Gasteiger partial charge >= 0.3 is 0 Å². The fraction of sp³-hybridized carbons (Fsp3) is 0.175. The van der Waals surface area contributed by atoms with Gasteiger partial charge in [0.15, 0.2) is 0 Å². The molecule has 0 atom stereocenters. The number of nitrogens with zero attached hydrogens (tertiary/aromatic N) is 2. The van der Waals surface area contributed by atoms with Crippen LogP contribution in [0.2, 0.25) is 0 Å². The first kappa shape index (κ1) is 38.3. The molecular weight excluding hydrogens is 785 g/mol. The van der Waals surface area contributed by atoms with Crippen LogP contribution in [0.3, 0.4) is 0 Å². The van der Waals surface area contributed by atoms with Crippen molar-refractivity contribution in [3.05, 3.63) is 220 Å². The monoisotopic (exact) mass is 836 g/mol. The van der Waals surface area contributed by atoms with Crippen LogP contribution in [0.5, 0.6) is 0 Å². The number of hydrogen-bond donors (Lipinski definition) is 0. The first-order valence-corrected chi connectivity index (χ1v) is 23.9. The largest absolute Gasteiger partial charge is 0.314 e. The van der Waals surface area contributed by atoms with Crippen molar-refractivity contribution in [2.45, 2.75) is 70.6 Å². The van der Waals surface area contributed by atoms with E-state index < -0.39 is 0 Å². The van der Waals surface area contributed by atoms with Gasteiger partial charge in [0.1, 0.15) is 0 Å². The predicted molar refractivity (Wildman–Crippen MR) is 276 cm³/mol. The summed E-state index contributed by atoms with van der Waals surface area (Å²) in [6, 6.07) is 64.5. The quantitative estimate of drug-likeness (QED) is 0.129. The zero-order valence-electron chi connectivity index (χ0n) is 37.4. The van der Waals surface area contributed by atoms with Crippen molar-refractivity contribution >= 4 is 72.9 Å². The highest BCUT2D eigenvalue weighted by atomic mass is 15.2. The van der Waals surface area contributed by atoms with E-state index in [1.165, 1.54) is 137 Å². The third-order valence-electron chi connectivity index (χ3n) is 15.4. The first-order chi connectivity index (χ1) is 32.0. The van der Waals surface area contributed by atoms with Crippen LogP contribution >= 0.6 is 0 Å². The van der Waals surface area contributed by atoms with Crippen LogP contribution in [0.1, 0.15) is 84.9 Å². The van der Waals surface area contributed by atoms with Crippen molar-refractivity contribution in [1.82, 2.24) is 0 Å². The normalized spacial score (nSPS) is 16.2. The second kappa shape index (κ2) is 15.0. The van der Waals surface area contributed by atoms with E-state index in [9.17, 15) is 0 Å². The predicted octanol–water partition coefficient (Wildman–Crippen LogP) is 17.1. The molecule has 0 bridgehead atoms. The van der Waals surface area contributed by atoms with Crippen LogP contribution in [0.25, 0.3) is 55.6 Å². The Kier molecular flexibility index (Phi) is 8.82. The average molecular weight is 837 g/mol. The van der Waals surface area contributed by atoms with Gasteiger partial charge in [-0.05, 0) is 188 Å². The van der Waals surface area contributed by atoms with Gasteiger partial charge in [0.2, 0.25) is 0 Å². The highest BCUT2D eigenvalue weighted by Gasteiger charge is 2.37. The molecule has 2 nitrogen and oxygen atoms in total. The van der Waals surface area contributed by atoms with E-state index in [2.05, 4.69) is 206 Å². The fourth-order valence-corrected chi connectivity index (χ4v) is 12.1. The van der Waals surface area contributed by atoms with Crippen molar-refractivity contribution in [3.8, 4) is 11.1 Å². The van der Waals surface area contributed by atoms with Crippen LogP contribution in [0.4, 0.5) is 28.4 Å². The van der Waals surface area contributed by atoms with Crippen molar-refractivity contribution in [1.29, 1.82) is 0 Å². The number of benzene rings is 9. The molecule has 9 aromatic rings. The van der Waals surface area contributed by atoms with Gasteiger partial charge in [-0.2, -0.15) is 0 Å². The smallest absolute Gasteiger partial charge is 0.0493 e. The van der Waals surface area contributed by atoms with Gasteiger partial charge in [0.25, 0.3) is 0 Å². The topological polar surface area (TPSA) is 6.48 Å². The Morgan fingerprint density at radius 1 is 0.385 bits per heavy atom. The van der Waals surface area contributed by atoms with E-state index in [4.69, 9.17) is 0 Å². The van der Waals surface area contributed by atoms with Gasteiger partial charge in [-0.25, -0.2) is 0 Å². The maximum absolute atomic E-state index is 2.63. The molecule has 2 aliphatic carbocycles. The number of para-hydroxylation sites is 3. The third kappa shape index (κ3) is 6.14. The van der Waals surface area contributed by atoms with Gasteiger partial charge in [0, 0.05) is 39.5 Å². The maximum atomic E-state index is 2.63. The Morgan fingerprint density at radius 3 is 1.55 bits per heavy atom. The van der Waals surface area contributed by atoms with Crippen LogP contribution in [-0.4, -0.2) is 0 Å². The highest BCUT2D eigenvalue weighted by molar-refractivity contribution is 6.26. The summed E-state index contributed by atoms with van der Waals surface area (Å²) in [5, 5.41) is 7.72. The molecule has 0 fully saturated rings. The molecule has 314 valence electrons. The van der Waals surface area contributed by atoms with Crippen molar-refractivity contribution < 1.29 is 0 Å². The minimum atomic E-state index is -0.123. The number of rotatable bonds is 4. The molecule has 2 heteroatoms. The van der Waals surface area contributed by atoms with Crippen molar-refractivity contribution in [3.63, 3.8) is 0 Å². The van der Waals surface area contributed by atoms with Gasteiger partial charge in [-0.3, -0.25) is 0 Å². The molecule has 0 unspecified atom stereocenters. The Morgan fingerprint density at radius 2 is 0.862 bits per heavy atom. The van der Waals surface area contributed by atoms with Crippen LogP contribution < -0.4 is 9.80 Å². The summed E-state index contributed by atoms with van der Waals surface area (Å²) in [6.07, 6.45) is 14.0. The van der Waals surface area contributed by atoms with E-state index in [0.717, 1.165) is 25.7 Å². The fourth-order valence-electron chi connectivity index (χ4n) is 12.1. The summed E-state index contributed by atoms with van der Waals surface area (Å²) in [4.78, 5) is 5.12. The summed E-state index contributed by atoms with van der Waals surface area (Å²) in [6.45, 7) is 4.84. The Labute approximate surface area is 382 Å². The van der Waals surface area contributed by atoms with E-state index >= 15 is 0 Å². The molecule has 0 amide bonds. The zero-order chi connectivity index (χ0) is 43.2. The Hall–Kier alpha value is -7.16. The van der Waals surface area contributed by atoms with Crippen molar-refractivity contribution in [2.75, 3.05) is 9.80 Å². The Balaban J connectivity index is 0.848. The molecule has 0 aromatic heterocycles. The third-order valence-corrected chi connectivity index (χ3v) is 15.4. The molecule has 0 radical (unpaired) electrons. The first-order valence-electron chi connectivity index (χ1n) is 23.9. The zero-order valence-corrected chi connectivity index (χ0v) is 37.4. The lowest BCUT2D eigenvalue weighted by molar-refractivity contribution is 0.642. The van der Waals surface area contributed by atoms with E-state index in [1.807, 2.05) is 0 Å². The van der Waals surface area contributed by atoms with Crippen LogP contribution in [0, 0.1) is 0 Å². The molecular formula is C63H52N2. The molecule has 0 saturated heterocycles. The van der Waals surface area contributed by atoms with E-state index in [-0.39, 0.29) is 5.41 Å². The summed E-state index contributed by atoms with van der Waals surface area (Å²) in [7, 11) is 0.